The summed E-state index contributed by atoms with van der Waals surface area (Å²) in [5.74, 6) is 0.0683. The van der Waals surface area contributed by atoms with Crippen LogP contribution in [0.15, 0.2) is 18.2 Å². The van der Waals surface area contributed by atoms with Crippen molar-refractivity contribution in [3.05, 3.63) is 23.8 Å². The van der Waals surface area contributed by atoms with Gasteiger partial charge in [0.15, 0.2) is 0 Å². The van der Waals surface area contributed by atoms with Gasteiger partial charge in [0.25, 0.3) is 0 Å². The highest BCUT2D eigenvalue weighted by Crippen LogP contribution is 2.35. The molecule has 1 aromatic carbocycles. The molecule has 1 fully saturated rings. The van der Waals surface area contributed by atoms with E-state index in [1.807, 2.05) is 12.1 Å². The zero-order valence-corrected chi connectivity index (χ0v) is 10.6. The molecule has 2 aliphatic rings. The Kier molecular flexibility index (Phi) is 2.68. The highest BCUT2D eigenvalue weighted by Gasteiger charge is 2.42. The van der Waals surface area contributed by atoms with Gasteiger partial charge in [-0.25, -0.2) is 0 Å². The molecule has 0 unspecified atom stereocenters. The molecule has 0 saturated carbocycles. The minimum absolute atomic E-state index is 0.0683. The Morgan fingerprint density at radius 1 is 1.42 bits per heavy atom. The zero-order chi connectivity index (χ0) is 13.5. The largest absolute Gasteiger partial charge is 0.399 e. The van der Waals surface area contributed by atoms with Gasteiger partial charge < -0.3 is 15.4 Å². The lowest BCUT2D eigenvalue weighted by molar-refractivity contribution is -0.121. The molecule has 0 radical (unpaired) electrons. The fraction of sp³-hybridized carbons (Fsp3) is 0.429. The fourth-order valence-corrected chi connectivity index (χ4v) is 2.60. The number of nitrogens with two attached hydrogens (primary N) is 1. The molecule has 0 spiro atoms. The van der Waals surface area contributed by atoms with E-state index >= 15 is 0 Å². The zero-order valence-electron chi connectivity index (χ0n) is 10.6. The smallest absolute Gasteiger partial charge is 0.227 e. The summed E-state index contributed by atoms with van der Waals surface area (Å²) in [6, 6.07) is 7.85. The van der Waals surface area contributed by atoms with Crippen molar-refractivity contribution in [3.63, 3.8) is 0 Å². The van der Waals surface area contributed by atoms with Crippen molar-refractivity contribution < 1.29 is 9.53 Å². The molecule has 98 valence electrons. The summed E-state index contributed by atoms with van der Waals surface area (Å²) >= 11 is 0. The standard InChI is InChI=1S/C14H15N3O2/c15-6-14(8-19-9-14)7-17-12-3-2-11(16)5-10(12)1-4-13(17)18/h2-3,5H,1,4,7-9,16H2. The molecule has 3 rings (SSSR count). The summed E-state index contributed by atoms with van der Waals surface area (Å²) in [5.41, 5.74) is 7.89. The van der Waals surface area contributed by atoms with Gasteiger partial charge in [0.05, 0.1) is 19.3 Å². The molecule has 2 N–H and O–H groups in total. The molecule has 0 bridgehead atoms. The van der Waals surface area contributed by atoms with Gasteiger partial charge in [0.1, 0.15) is 5.41 Å². The van der Waals surface area contributed by atoms with Gasteiger partial charge in [-0.15, -0.1) is 0 Å². The van der Waals surface area contributed by atoms with E-state index in [2.05, 4.69) is 6.07 Å². The van der Waals surface area contributed by atoms with E-state index in [1.165, 1.54) is 0 Å². The van der Waals surface area contributed by atoms with Gasteiger partial charge in [-0.05, 0) is 30.2 Å². The summed E-state index contributed by atoms with van der Waals surface area (Å²) in [6.45, 7) is 1.20. The first-order valence-electron chi connectivity index (χ1n) is 6.31. The number of amides is 1. The van der Waals surface area contributed by atoms with Crippen LogP contribution in [-0.2, 0) is 16.0 Å². The van der Waals surface area contributed by atoms with Crippen molar-refractivity contribution in [3.8, 4) is 6.07 Å². The number of nitriles is 1. The predicted molar refractivity (Wildman–Crippen MR) is 70.4 cm³/mol. The molecule has 0 aromatic heterocycles. The number of ether oxygens (including phenoxy) is 1. The van der Waals surface area contributed by atoms with Crippen LogP contribution in [0.1, 0.15) is 12.0 Å². The number of fused-ring (bicyclic) bond motifs is 1. The van der Waals surface area contributed by atoms with Crippen LogP contribution < -0.4 is 10.6 Å². The third-order valence-electron chi connectivity index (χ3n) is 3.76. The third-order valence-corrected chi connectivity index (χ3v) is 3.76. The summed E-state index contributed by atoms with van der Waals surface area (Å²) in [6.07, 6.45) is 1.19. The van der Waals surface area contributed by atoms with Crippen LogP contribution in [0.4, 0.5) is 11.4 Å². The van der Waals surface area contributed by atoms with Crippen LogP contribution in [0.25, 0.3) is 0 Å². The second kappa shape index (κ2) is 4.25. The number of benzene rings is 1. The number of anilines is 2. The maximum absolute atomic E-state index is 12.1. The van der Waals surface area contributed by atoms with E-state index in [4.69, 9.17) is 10.5 Å². The van der Waals surface area contributed by atoms with E-state index in [1.54, 1.807) is 11.0 Å². The number of carbonyl (C=O) groups is 1. The highest BCUT2D eigenvalue weighted by molar-refractivity contribution is 5.96. The van der Waals surface area contributed by atoms with Gasteiger partial charge in [-0.3, -0.25) is 4.79 Å². The molecule has 19 heavy (non-hydrogen) atoms. The minimum atomic E-state index is -0.550. The summed E-state index contributed by atoms with van der Waals surface area (Å²) in [7, 11) is 0. The number of nitrogens with zero attached hydrogens (tertiary/aromatic N) is 2. The predicted octanol–water partition coefficient (Wildman–Crippen LogP) is 1.09. The average molecular weight is 257 g/mol. The topological polar surface area (TPSA) is 79.4 Å². The molecular formula is C14H15N3O2. The number of hydrogen-bond donors (Lipinski definition) is 1. The SMILES string of the molecule is N#CC1(CN2C(=O)CCc3cc(N)ccc32)COC1. The molecule has 5 nitrogen and oxygen atoms in total. The van der Waals surface area contributed by atoms with Gasteiger partial charge in [0.2, 0.25) is 5.91 Å². The molecule has 1 aromatic rings. The number of aryl methyl sites for hydroxylation is 1. The molecule has 2 heterocycles. The quantitative estimate of drug-likeness (QED) is 0.804. The van der Waals surface area contributed by atoms with Gasteiger partial charge in [-0.1, -0.05) is 0 Å². The number of hydrogen-bond acceptors (Lipinski definition) is 4. The normalized spacial score (nSPS) is 20.4. The molecule has 1 saturated heterocycles. The van der Waals surface area contributed by atoms with Crippen LogP contribution >= 0.6 is 0 Å². The first-order valence-corrected chi connectivity index (χ1v) is 6.31. The number of carbonyl (C=O) groups excluding carboxylic acids is 1. The molecular weight excluding hydrogens is 242 g/mol. The Labute approximate surface area is 111 Å². The minimum Gasteiger partial charge on any atom is -0.399 e. The van der Waals surface area contributed by atoms with Crippen LogP contribution in [0, 0.1) is 16.7 Å². The van der Waals surface area contributed by atoms with E-state index < -0.39 is 5.41 Å². The van der Waals surface area contributed by atoms with E-state index in [0.717, 1.165) is 11.3 Å². The lowest BCUT2D eigenvalue weighted by Gasteiger charge is -2.40. The molecule has 1 amide bonds. The van der Waals surface area contributed by atoms with Crippen molar-refractivity contribution in [2.45, 2.75) is 12.8 Å². The fourth-order valence-electron chi connectivity index (χ4n) is 2.60. The van der Waals surface area contributed by atoms with Gasteiger partial charge in [-0.2, -0.15) is 5.26 Å². The molecule has 2 aliphatic heterocycles. The summed E-state index contributed by atoms with van der Waals surface area (Å²) in [5, 5.41) is 9.26. The molecule has 5 heteroatoms. The summed E-state index contributed by atoms with van der Waals surface area (Å²) < 4.78 is 5.13. The number of nitrogen functional groups attached to an aromatic ring is 1. The van der Waals surface area contributed by atoms with E-state index in [9.17, 15) is 10.1 Å². The second-order valence-electron chi connectivity index (χ2n) is 5.25. The first-order chi connectivity index (χ1) is 9.13. The van der Waals surface area contributed by atoms with Crippen molar-refractivity contribution in [1.29, 1.82) is 5.26 Å². The van der Waals surface area contributed by atoms with Gasteiger partial charge >= 0.3 is 0 Å². The Bertz CT molecular complexity index is 573. The highest BCUT2D eigenvalue weighted by atomic mass is 16.5. The van der Waals surface area contributed by atoms with E-state index in [0.29, 0.717) is 38.3 Å². The number of rotatable bonds is 2. The Morgan fingerprint density at radius 3 is 2.84 bits per heavy atom. The maximum Gasteiger partial charge on any atom is 0.227 e. The van der Waals surface area contributed by atoms with Crippen LogP contribution in [0.2, 0.25) is 0 Å². The third kappa shape index (κ3) is 1.94. The second-order valence-corrected chi connectivity index (χ2v) is 5.25. The Hall–Kier alpha value is -2.06. The van der Waals surface area contributed by atoms with Crippen molar-refractivity contribution in [1.82, 2.24) is 0 Å². The van der Waals surface area contributed by atoms with Crippen molar-refractivity contribution in [2.24, 2.45) is 5.41 Å². The van der Waals surface area contributed by atoms with Gasteiger partial charge in [0, 0.05) is 24.3 Å². The van der Waals surface area contributed by atoms with Crippen LogP contribution in [-0.4, -0.2) is 25.7 Å². The lowest BCUT2D eigenvalue weighted by Crippen LogP contribution is -2.52. The summed E-state index contributed by atoms with van der Waals surface area (Å²) in [4.78, 5) is 13.8. The molecule has 0 atom stereocenters. The van der Waals surface area contributed by atoms with E-state index in [-0.39, 0.29) is 5.91 Å². The molecule has 0 aliphatic carbocycles. The first kappa shape index (κ1) is 12.0. The van der Waals surface area contributed by atoms with Crippen molar-refractivity contribution in [2.75, 3.05) is 30.4 Å². The average Bonchev–Trinajstić information content (AvgIpc) is 2.36. The van der Waals surface area contributed by atoms with Crippen LogP contribution in [0.5, 0.6) is 0 Å². The Morgan fingerprint density at radius 2 is 2.21 bits per heavy atom. The van der Waals surface area contributed by atoms with Crippen molar-refractivity contribution >= 4 is 17.3 Å². The Balaban J connectivity index is 1.93. The monoisotopic (exact) mass is 257 g/mol. The van der Waals surface area contributed by atoms with Crippen LogP contribution in [0.3, 0.4) is 0 Å². The maximum atomic E-state index is 12.1. The lowest BCUT2D eigenvalue weighted by atomic mass is 9.86.